The molecular formula is C7H7NO. The molecule has 1 aliphatic carbocycles. The van der Waals surface area contributed by atoms with Gasteiger partial charge in [0.1, 0.15) is 0 Å². The van der Waals surface area contributed by atoms with Crippen LogP contribution in [0.25, 0.3) is 0 Å². The number of carbonyl (C=O) groups excluding carboxylic acids is 1. The second-order valence-corrected chi connectivity index (χ2v) is 2.14. The van der Waals surface area contributed by atoms with Crippen molar-refractivity contribution in [3.05, 3.63) is 11.1 Å². The first-order valence-corrected chi connectivity index (χ1v) is 2.88. The summed E-state index contributed by atoms with van der Waals surface area (Å²) in [5, 5.41) is 8.39. The molecule has 0 aliphatic heterocycles. The predicted octanol–water partition coefficient (Wildman–Crippen LogP) is 1.19. The van der Waals surface area contributed by atoms with E-state index in [1.165, 1.54) is 0 Å². The van der Waals surface area contributed by atoms with Gasteiger partial charge in [-0.25, -0.2) is 0 Å². The first-order chi connectivity index (χ1) is 4.25. The molecule has 0 bridgehead atoms. The van der Waals surface area contributed by atoms with Crippen molar-refractivity contribution >= 4 is 5.78 Å². The first-order valence-electron chi connectivity index (χ1n) is 2.88. The maximum absolute atomic E-state index is 10.7. The van der Waals surface area contributed by atoms with Gasteiger partial charge in [0.2, 0.25) is 0 Å². The fourth-order valence-electron chi connectivity index (χ4n) is 0.922. The Morgan fingerprint density at radius 2 is 2.22 bits per heavy atom. The molecule has 0 spiro atoms. The zero-order valence-corrected chi connectivity index (χ0v) is 5.27. The fourth-order valence-corrected chi connectivity index (χ4v) is 0.922. The summed E-state index contributed by atoms with van der Waals surface area (Å²) in [6.45, 7) is 1.72. The number of allylic oxidation sites excluding steroid dienone is 2. The van der Waals surface area contributed by atoms with E-state index in [4.69, 9.17) is 5.26 Å². The van der Waals surface area contributed by atoms with Crippen LogP contribution in [0.3, 0.4) is 0 Å². The van der Waals surface area contributed by atoms with E-state index >= 15 is 0 Å². The maximum atomic E-state index is 10.7. The monoisotopic (exact) mass is 121 g/mol. The van der Waals surface area contributed by atoms with E-state index < -0.39 is 0 Å². The molecule has 0 saturated carbocycles. The highest BCUT2D eigenvalue weighted by Crippen LogP contribution is 2.20. The maximum Gasteiger partial charge on any atom is 0.159 e. The highest BCUT2D eigenvalue weighted by atomic mass is 16.1. The standard InChI is InChI=1S/C7H7NO/c1-5-6(4-8)2-3-7(5)9/h2-3H2,1H3. The molecule has 0 saturated heterocycles. The lowest BCUT2D eigenvalue weighted by atomic mass is 10.2. The highest BCUT2D eigenvalue weighted by Gasteiger charge is 2.17. The number of hydrogen-bond donors (Lipinski definition) is 0. The number of rotatable bonds is 0. The summed E-state index contributed by atoms with van der Waals surface area (Å²) in [6.07, 6.45) is 1.19. The van der Waals surface area contributed by atoms with Gasteiger partial charge in [-0.2, -0.15) is 5.26 Å². The van der Waals surface area contributed by atoms with Crippen LogP contribution in [-0.2, 0) is 4.79 Å². The van der Waals surface area contributed by atoms with E-state index in [1.54, 1.807) is 6.92 Å². The minimum atomic E-state index is 0.131. The number of carbonyl (C=O) groups is 1. The summed E-state index contributed by atoms with van der Waals surface area (Å²) in [4.78, 5) is 10.7. The van der Waals surface area contributed by atoms with Crippen molar-refractivity contribution in [1.82, 2.24) is 0 Å². The molecular weight excluding hydrogens is 114 g/mol. The second kappa shape index (κ2) is 2.02. The SMILES string of the molecule is CC1=C(C#N)CCC1=O. The Bertz CT molecular complexity index is 220. The molecule has 0 fully saturated rings. The normalized spacial score (nSPS) is 18.4. The number of hydrogen-bond acceptors (Lipinski definition) is 2. The van der Waals surface area contributed by atoms with Gasteiger partial charge >= 0.3 is 0 Å². The van der Waals surface area contributed by atoms with Crippen LogP contribution in [0.4, 0.5) is 0 Å². The van der Waals surface area contributed by atoms with Gasteiger partial charge in [-0.15, -0.1) is 0 Å². The molecule has 0 N–H and O–H groups in total. The summed E-state index contributed by atoms with van der Waals surface area (Å²) in [6, 6.07) is 2.00. The molecule has 0 aromatic heterocycles. The van der Waals surface area contributed by atoms with E-state index in [0.29, 0.717) is 24.0 Å². The Balaban J connectivity index is 2.96. The van der Waals surface area contributed by atoms with Crippen molar-refractivity contribution in [2.24, 2.45) is 0 Å². The summed E-state index contributed by atoms with van der Waals surface area (Å²) in [7, 11) is 0. The topological polar surface area (TPSA) is 40.9 Å². The smallest absolute Gasteiger partial charge is 0.159 e. The van der Waals surface area contributed by atoms with Gasteiger partial charge in [0, 0.05) is 17.6 Å². The molecule has 0 atom stereocenters. The van der Waals surface area contributed by atoms with E-state index in [-0.39, 0.29) is 5.78 Å². The number of nitriles is 1. The first kappa shape index (κ1) is 6.03. The zero-order valence-electron chi connectivity index (χ0n) is 5.27. The quantitative estimate of drug-likeness (QED) is 0.483. The minimum absolute atomic E-state index is 0.131. The molecule has 9 heavy (non-hydrogen) atoms. The van der Waals surface area contributed by atoms with Gasteiger partial charge in [0.25, 0.3) is 0 Å². The third-order valence-electron chi connectivity index (χ3n) is 1.61. The summed E-state index contributed by atoms with van der Waals surface area (Å²) in [5.74, 6) is 0.131. The van der Waals surface area contributed by atoms with Crippen LogP contribution in [-0.4, -0.2) is 5.78 Å². The Kier molecular flexibility index (Phi) is 1.35. The van der Waals surface area contributed by atoms with Crippen LogP contribution in [0, 0.1) is 11.3 Å². The lowest BCUT2D eigenvalue weighted by molar-refractivity contribution is -0.114. The fraction of sp³-hybridized carbons (Fsp3) is 0.429. The molecule has 0 heterocycles. The molecule has 2 nitrogen and oxygen atoms in total. The van der Waals surface area contributed by atoms with Gasteiger partial charge in [0.05, 0.1) is 6.07 Å². The number of Topliss-reactive ketones (excluding diaryl/α,β-unsaturated/α-hetero) is 1. The molecule has 2 heteroatoms. The molecule has 46 valence electrons. The molecule has 0 unspecified atom stereocenters. The van der Waals surface area contributed by atoms with E-state index in [1.807, 2.05) is 6.07 Å². The van der Waals surface area contributed by atoms with E-state index in [0.717, 1.165) is 0 Å². The van der Waals surface area contributed by atoms with Gasteiger partial charge in [0.15, 0.2) is 5.78 Å². The average Bonchev–Trinajstić information content (AvgIpc) is 2.15. The molecule has 0 amide bonds. The van der Waals surface area contributed by atoms with Crippen molar-refractivity contribution in [2.75, 3.05) is 0 Å². The molecule has 1 rings (SSSR count). The molecule has 0 aromatic rings. The van der Waals surface area contributed by atoms with Crippen LogP contribution in [0.2, 0.25) is 0 Å². The largest absolute Gasteiger partial charge is 0.295 e. The third kappa shape index (κ3) is 0.857. The van der Waals surface area contributed by atoms with Gasteiger partial charge < -0.3 is 0 Å². The zero-order chi connectivity index (χ0) is 6.85. The Morgan fingerprint density at radius 1 is 1.56 bits per heavy atom. The molecule has 1 aliphatic rings. The lowest BCUT2D eigenvalue weighted by Gasteiger charge is -1.84. The lowest BCUT2D eigenvalue weighted by Crippen LogP contribution is -1.89. The van der Waals surface area contributed by atoms with Crippen LogP contribution < -0.4 is 0 Å². The highest BCUT2D eigenvalue weighted by molar-refractivity contribution is 5.98. The van der Waals surface area contributed by atoms with Gasteiger partial charge in [-0.3, -0.25) is 4.79 Å². The second-order valence-electron chi connectivity index (χ2n) is 2.14. The van der Waals surface area contributed by atoms with Gasteiger partial charge in [-0.05, 0) is 13.3 Å². The minimum Gasteiger partial charge on any atom is -0.295 e. The summed E-state index contributed by atoms with van der Waals surface area (Å²) in [5.41, 5.74) is 1.33. The Labute approximate surface area is 53.8 Å². The molecule has 0 radical (unpaired) electrons. The van der Waals surface area contributed by atoms with Crippen LogP contribution >= 0.6 is 0 Å². The van der Waals surface area contributed by atoms with Crippen molar-refractivity contribution in [1.29, 1.82) is 5.26 Å². The van der Waals surface area contributed by atoms with E-state index in [9.17, 15) is 4.79 Å². The Hall–Kier alpha value is -1.10. The summed E-state index contributed by atoms with van der Waals surface area (Å²) < 4.78 is 0. The van der Waals surface area contributed by atoms with Crippen LogP contribution in [0.1, 0.15) is 19.8 Å². The van der Waals surface area contributed by atoms with Crippen molar-refractivity contribution in [3.8, 4) is 6.07 Å². The number of nitrogens with zero attached hydrogens (tertiary/aromatic N) is 1. The van der Waals surface area contributed by atoms with Crippen LogP contribution in [0.5, 0.6) is 0 Å². The average molecular weight is 121 g/mol. The van der Waals surface area contributed by atoms with Crippen molar-refractivity contribution < 1.29 is 4.79 Å². The van der Waals surface area contributed by atoms with Crippen molar-refractivity contribution in [3.63, 3.8) is 0 Å². The van der Waals surface area contributed by atoms with E-state index in [2.05, 4.69) is 0 Å². The Morgan fingerprint density at radius 3 is 2.44 bits per heavy atom. The van der Waals surface area contributed by atoms with Crippen molar-refractivity contribution in [2.45, 2.75) is 19.8 Å². The van der Waals surface area contributed by atoms with Gasteiger partial charge in [-0.1, -0.05) is 0 Å². The third-order valence-corrected chi connectivity index (χ3v) is 1.61. The summed E-state index contributed by atoms with van der Waals surface area (Å²) >= 11 is 0. The number of ketones is 1. The molecule has 0 aromatic carbocycles. The predicted molar refractivity (Wildman–Crippen MR) is 32.6 cm³/mol. The van der Waals surface area contributed by atoms with Crippen LogP contribution in [0.15, 0.2) is 11.1 Å².